The van der Waals surface area contributed by atoms with Crippen LogP contribution in [0.1, 0.15) is 43.8 Å². The number of hydrogen-bond acceptors (Lipinski definition) is 5. The normalized spacial score (nSPS) is 20.4. The number of halogens is 3. The molecule has 0 aromatic heterocycles. The second kappa shape index (κ2) is 10.4. The van der Waals surface area contributed by atoms with E-state index < -0.39 is 23.6 Å². The van der Waals surface area contributed by atoms with Gasteiger partial charge in [-0.2, -0.15) is 0 Å². The van der Waals surface area contributed by atoms with Crippen LogP contribution in [-0.2, 0) is 9.59 Å². The summed E-state index contributed by atoms with van der Waals surface area (Å²) in [5.74, 6) is -0.617. The second-order valence-electron chi connectivity index (χ2n) is 8.63. The van der Waals surface area contributed by atoms with Gasteiger partial charge in [-0.3, -0.25) is 9.59 Å². The molecule has 0 bridgehead atoms. The predicted molar refractivity (Wildman–Crippen MR) is 125 cm³/mol. The maximum atomic E-state index is 13.5. The summed E-state index contributed by atoms with van der Waals surface area (Å²) in [5.41, 5.74) is 0.145. The van der Waals surface area contributed by atoms with Gasteiger partial charge in [0.25, 0.3) is 11.8 Å². The Kier molecular flexibility index (Phi) is 7.50. The number of ether oxygens (including phenoxy) is 2. The summed E-state index contributed by atoms with van der Waals surface area (Å²) in [5, 5.41) is 16.7. The first-order valence-electron chi connectivity index (χ1n) is 11.1. The summed E-state index contributed by atoms with van der Waals surface area (Å²) >= 11 is 11.6. The lowest BCUT2D eigenvalue weighted by molar-refractivity contribution is -0.130. The lowest BCUT2D eigenvalue weighted by atomic mass is 9.74. The Hall–Kier alpha value is -2.55. The predicted octanol–water partition coefficient (Wildman–Crippen LogP) is 3.94. The van der Waals surface area contributed by atoms with Gasteiger partial charge >= 0.3 is 0 Å². The Bertz CT molecular complexity index is 1080. The van der Waals surface area contributed by atoms with Crippen molar-refractivity contribution in [2.75, 3.05) is 13.2 Å². The molecule has 7 nitrogen and oxygen atoms in total. The molecule has 2 aliphatic rings. The zero-order valence-corrected chi connectivity index (χ0v) is 19.8. The van der Waals surface area contributed by atoms with Gasteiger partial charge in [-0.25, -0.2) is 4.39 Å². The quantitative estimate of drug-likeness (QED) is 0.499. The third kappa shape index (κ3) is 5.74. The molecule has 10 heteroatoms. The van der Waals surface area contributed by atoms with Gasteiger partial charge in [0.15, 0.2) is 12.7 Å². The van der Waals surface area contributed by atoms with Crippen molar-refractivity contribution in [3.05, 3.63) is 57.8 Å². The van der Waals surface area contributed by atoms with E-state index in [9.17, 15) is 19.1 Å². The average Bonchev–Trinajstić information content (AvgIpc) is 2.78. The maximum Gasteiger partial charge on any atom is 0.261 e. The number of nitrogens with one attached hydrogen (secondary N) is 2. The summed E-state index contributed by atoms with van der Waals surface area (Å²) in [4.78, 5) is 25.0. The van der Waals surface area contributed by atoms with Gasteiger partial charge in [0.05, 0.1) is 11.1 Å². The van der Waals surface area contributed by atoms with Gasteiger partial charge in [0.2, 0.25) is 0 Å². The van der Waals surface area contributed by atoms with E-state index in [2.05, 4.69) is 10.6 Å². The number of benzene rings is 2. The SMILES string of the molecule is O=C(COc1ccc(Cl)c(F)c1)NC1(CCNC(=O)[C@@H]2C[C@@H](O)c3cc(Cl)ccc3O2)CCC1. The molecule has 1 aliphatic carbocycles. The van der Waals surface area contributed by atoms with Gasteiger partial charge in [0.1, 0.15) is 17.3 Å². The van der Waals surface area contributed by atoms with E-state index in [1.807, 2.05) is 0 Å². The number of aliphatic hydroxyl groups is 1. The Morgan fingerprint density at radius 2 is 2.00 bits per heavy atom. The topological polar surface area (TPSA) is 96.9 Å². The van der Waals surface area contributed by atoms with Crippen LogP contribution in [0.5, 0.6) is 11.5 Å². The Balaban J connectivity index is 1.24. The average molecular weight is 511 g/mol. The summed E-state index contributed by atoms with van der Waals surface area (Å²) in [6, 6.07) is 8.89. The van der Waals surface area contributed by atoms with Crippen molar-refractivity contribution in [2.24, 2.45) is 0 Å². The molecule has 1 saturated carbocycles. The number of rotatable bonds is 8. The van der Waals surface area contributed by atoms with Crippen molar-refractivity contribution in [1.29, 1.82) is 0 Å². The van der Waals surface area contributed by atoms with Crippen LogP contribution >= 0.6 is 23.2 Å². The van der Waals surface area contributed by atoms with Crippen molar-refractivity contribution in [3.8, 4) is 11.5 Å². The molecule has 1 fully saturated rings. The van der Waals surface area contributed by atoms with E-state index in [1.165, 1.54) is 12.1 Å². The molecular formula is C24H25Cl2FN2O5. The minimum absolute atomic E-state index is 0.0194. The molecule has 0 saturated heterocycles. The fraction of sp³-hybridized carbons (Fsp3) is 0.417. The van der Waals surface area contributed by atoms with E-state index in [4.69, 9.17) is 32.7 Å². The molecule has 4 rings (SSSR count). The van der Waals surface area contributed by atoms with E-state index in [0.29, 0.717) is 29.3 Å². The lowest BCUT2D eigenvalue weighted by Gasteiger charge is -2.43. The van der Waals surface area contributed by atoms with Gasteiger partial charge in [-0.15, -0.1) is 0 Å². The van der Waals surface area contributed by atoms with Crippen molar-refractivity contribution in [1.82, 2.24) is 10.6 Å². The molecule has 0 spiro atoms. The monoisotopic (exact) mass is 510 g/mol. The molecule has 0 radical (unpaired) electrons. The summed E-state index contributed by atoms with van der Waals surface area (Å²) in [6.07, 6.45) is 1.56. The highest BCUT2D eigenvalue weighted by Gasteiger charge is 2.38. The van der Waals surface area contributed by atoms with Crippen molar-refractivity contribution in [2.45, 2.75) is 49.9 Å². The van der Waals surface area contributed by atoms with Crippen LogP contribution in [-0.4, -0.2) is 41.7 Å². The number of carbonyl (C=O) groups excluding carboxylic acids is 2. The standard InChI is InChI=1S/C24H25Cl2FN2O5/c25-14-2-5-20-16(10-14)19(30)12-21(34-20)23(32)28-9-8-24(6-1-7-24)29-22(31)13-33-15-3-4-17(26)18(27)11-15/h2-5,10-11,19,21,30H,1,6-9,12-13H2,(H,28,32)(H,29,31)/t19-,21+/m1/s1. The molecule has 2 aromatic carbocycles. The molecule has 2 amide bonds. The highest BCUT2D eigenvalue weighted by Crippen LogP contribution is 2.37. The Morgan fingerprint density at radius 1 is 1.21 bits per heavy atom. The van der Waals surface area contributed by atoms with Crippen LogP contribution < -0.4 is 20.1 Å². The molecule has 1 heterocycles. The largest absolute Gasteiger partial charge is 0.484 e. The zero-order chi connectivity index (χ0) is 24.3. The number of hydrogen-bond donors (Lipinski definition) is 3. The third-order valence-electron chi connectivity index (χ3n) is 6.21. The van der Waals surface area contributed by atoms with Crippen molar-refractivity contribution in [3.63, 3.8) is 0 Å². The molecule has 34 heavy (non-hydrogen) atoms. The molecule has 0 unspecified atom stereocenters. The lowest BCUT2D eigenvalue weighted by Crippen LogP contribution is -2.56. The van der Waals surface area contributed by atoms with Crippen molar-refractivity contribution >= 4 is 35.0 Å². The highest BCUT2D eigenvalue weighted by atomic mass is 35.5. The summed E-state index contributed by atoms with van der Waals surface area (Å²) < 4.78 is 24.6. The molecule has 1 aliphatic heterocycles. The fourth-order valence-corrected chi connectivity index (χ4v) is 4.50. The van der Waals surface area contributed by atoms with Crippen LogP contribution in [0.4, 0.5) is 4.39 Å². The second-order valence-corrected chi connectivity index (χ2v) is 9.47. The van der Waals surface area contributed by atoms with E-state index in [-0.39, 0.29) is 35.6 Å². The number of fused-ring (bicyclic) bond motifs is 1. The van der Waals surface area contributed by atoms with Gasteiger partial charge in [0, 0.05) is 35.2 Å². The summed E-state index contributed by atoms with van der Waals surface area (Å²) in [7, 11) is 0. The van der Waals surface area contributed by atoms with E-state index in [1.54, 1.807) is 18.2 Å². The van der Waals surface area contributed by atoms with Gasteiger partial charge in [-0.1, -0.05) is 23.2 Å². The molecule has 3 N–H and O–H groups in total. The number of amides is 2. The molecular weight excluding hydrogens is 486 g/mol. The molecule has 2 atom stereocenters. The maximum absolute atomic E-state index is 13.5. The van der Waals surface area contributed by atoms with Crippen LogP contribution in [0.3, 0.4) is 0 Å². The van der Waals surface area contributed by atoms with Crippen molar-refractivity contribution < 1.29 is 28.6 Å². The van der Waals surface area contributed by atoms with Crippen LogP contribution in [0.25, 0.3) is 0 Å². The smallest absolute Gasteiger partial charge is 0.261 e. The van der Waals surface area contributed by atoms with Gasteiger partial charge in [-0.05, 0) is 56.0 Å². The van der Waals surface area contributed by atoms with Crippen LogP contribution in [0.2, 0.25) is 10.0 Å². The van der Waals surface area contributed by atoms with Crippen LogP contribution in [0, 0.1) is 5.82 Å². The first-order chi connectivity index (χ1) is 16.2. The van der Waals surface area contributed by atoms with Crippen LogP contribution in [0.15, 0.2) is 36.4 Å². The zero-order valence-electron chi connectivity index (χ0n) is 18.3. The minimum atomic E-state index is -0.843. The first-order valence-corrected chi connectivity index (χ1v) is 11.8. The third-order valence-corrected chi connectivity index (χ3v) is 6.75. The summed E-state index contributed by atoms with van der Waals surface area (Å²) in [6.45, 7) is 0.0816. The minimum Gasteiger partial charge on any atom is -0.484 e. The molecule has 182 valence electrons. The number of aliphatic hydroxyl groups excluding tert-OH is 1. The van der Waals surface area contributed by atoms with Gasteiger partial charge < -0.3 is 25.2 Å². The Morgan fingerprint density at radius 3 is 2.71 bits per heavy atom. The van der Waals surface area contributed by atoms with E-state index >= 15 is 0 Å². The van der Waals surface area contributed by atoms with E-state index in [0.717, 1.165) is 25.3 Å². The highest BCUT2D eigenvalue weighted by molar-refractivity contribution is 6.31. The Labute approximate surface area is 206 Å². The number of carbonyl (C=O) groups is 2. The first kappa shape index (κ1) is 24.6. The fourth-order valence-electron chi connectivity index (χ4n) is 4.21. The molecule has 2 aromatic rings.